The Morgan fingerprint density at radius 2 is 1.81 bits per heavy atom. The van der Waals surface area contributed by atoms with Crippen molar-refractivity contribution in [3.63, 3.8) is 0 Å². The minimum Gasteiger partial charge on any atom is -0.388 e. The van der Waals surface area contributed by atoms with Gasteiger partial charge in [-0.25, -0.2) is 0 Å². The van der Waals surface area contributed by atoms with Gasteiger partial charge in [-0.3, -0.25) is 0 Å². The minimum absolute atomic E-state index is 0.275. The molecule has 0 radical (unpaired) electrons. The fraction of sp³-hybridized carbons (Fsp3) is 0.571. The van der Waals surface area contributed by atoms with Gasteiger partial charge in [-0.05, 0) is 12.0 Å². The molecule has 1 N–H and O–H groups in total. The molecular formula is C14H24OSi. The van der Waals surface area contributed by atoms with Crippen molar-refractivity contribution in [2.45, 2.75) is 51.9 Å². The van der Waals surface area contributed by atoms with Gasteiger partial charge in [0.25, 0.3) is 0 Å². The normalized spacial score (nSPS) is 13.8. The largest absolute Gasteiger partial charge is 0.388 e. The Morgan fingerprint density at radius 3 is 2.38 bits per heavy atom. The molecule has 0 saturated heterocycles. The van der Waals surface area contributed by atoms with E-state index in [4.69, 9.17) is 0 Å². The van der Waals surface area contributed by atoms with E-state index < -0.39 is 8.07 Å². The van der Waals surface area contributed by atoms with E-state index in [2.05, 4.69) is 44.8 Å². The molecule has 2 heteroatoms. The van der Waals surface area contributed by atoms with Gasteiger partial charge in [-0.1, -0.05) is 68.9 Å². The molecule has 16 heavy (non-hydrogen) atoms. The molecule has 90 valence electrons. The fourth-order valence-electron chi connectivity index (χ4n) is 2.02. The molecule has 0 saturated carbocycles. The maximum absolute atomic E-state index is 10.2. The number of unbranched alkanes of at least 4 members (excludes halogenated alkanes) is 1. The number of benzene rings is 1. The first-order chi connectivity index (χ1) is 7.46. The quantitative estimate of drug-likeness (QED) is 0.776. The van der Waals surface area contributed by atoms with Crippen LogP contribution in [0.1, 0.15) is 37.9 Å². The van der Waals surface area contributed by atoms with Crippen molar-refractivity contribution in [3.05, 3.63) is 29.8 Å². The van der Waals surface area contributed by atoms with Crippen LogP contribution < -0.4 is 5.19 Å². The van der Waals surface area contributed by atoms with Crippen LogP contribution in [0.2, 0.25) is 19.6 Å². The first-order valence-corrected chi connectivity index (χ1v) is 9.74. The smallest absolute Gasteiger partial charge is 0.0789 e. The zero-order valence-corrected chi connectivity index (χ0v) is 12.0. The molecule has 0 heterocycles. The first kappa shape index (κ1) is 13.5. The molecule has 0 aliphatic rings. The molecule has 0 bridgehead atoms. The van der Waals surface area contributed by atoms with Gasteiger partial charge in [0.05, 0.1) is 14.2 Å². The van der Waals surface area contributed by atoms with E-state index in [1.807, 2.05) is 6.07 Å². The van der Waals surface area contributed by atoms with Crippen LogP contribution in [-0.2, 0) is 0 Å². The molecule has 1 aromatic rings. The molecule has 1 aromatic carbocycles. The van der Waals surface area contributed by atoms with E-state index in [1.165, 1.54) is 5.19 Å². The average Bonchev–Trinajstić information content (AvgIpc) is 2.24. The van der Waals surface area contributed by atoms with Crippen LogP contribution >= 0.6 is 0 Å². The molecule has 0 aliphatic carbocycles. The predicted molar refractivity (Wildman–Crippen MR) is 73.9 cm³/mol. The first-order valence-electron chi connectivity index (χ1n) is 6.24. The van der Waals surface area contributed by atoms with Crippen molar-refractivity contribution in [2.24, 2.45) is 0 Å². The summed E-state index contributed by atoms with van der Waals surface area (Å²) in [4.78, 5) is 0. The molecule has 0 spiro atoms. The summed E-state index contributed by atoms with van der Waals surface area (Å²) in [7, 11) is -1.34. The predicted octanol–water partition coefficient (Wildman–Crippen LogP) is 3.46. The van der Waals surface area contributed by atoms with Gasteiger partial charge < -0.3 is 5.11 Å². The van der Waals surface area contributed by atoms with E-state index in [1.54, 1.807) is 0 Å². The maximum atomic E-state index is 10.2. The molecule has 0 amide bonds. The fourth-order valence-corrected chi connectivity index (χ4v) is 3.74. The van der Waals surface area contributed by atoms with Gasteiger partial charge in [0.1, 0.15) is 0 Å². The van der Waals surface area contributed by atoms with Gasteiger partial charge in [0.15, 0.2) is 0 Å². The van der Waals surface area contributed by atoms with Gasteiger partial charge in [-0.2, -0.15) is 0 Å². The summed E-state index contributed by atoms with van der Waals surface area (Å²) in [6, 6.07) is 8.41. The lowest BCUT2D eigenvalue weighted by Crippen LogP contribution is -2.40. The van der Waals surface area contributed by atoms with Crippen molar-refractivity contribution in [3.8, 4) is 0 Å². The summed E-state index contributed by atoms with van der Waals surface area (Å²) in [6.07, 6.45) is 2.86. The SMILES string of the molecule is CCCCC(O)c1ccccc1[Si](C)(C)C. The van der Waals surface area contributed by atoms with Gasteiger partial charge >= 0.3 is 0 Å². The third-order valence-electron chi connectivity index (χ3n) is 2.96. The van der Waals surface area contributed by atoms with Crippen molar-refractivity contribution < 1.29 is 5.11 Å². The monoisotopic (exact) mass is 236 g/mol. The Morgan fingerprint density at radius 1 is 1.19 bits per heavy atom. The van der Waals surface area contributed by atoms with Crippen LogP contribution in [0.5, 0.6) is 0 Å². The Balaban J connectivity index is 2.94. The van der Waals surface area contributed by atoms with Crippen molar-refractivity contribution >= 4 is 13.3 Å². The van der Waals surface area contributed by atoms with Crippen LogP contribution in [0.15, 0.2) is 24.3 Å². The maximum Gasteiger partial charge on any atom is 0.0789 e. The zero-order chi connectivity index (χ0) is 12.2. The van der Waals surface area contributed by atoms with Crippen LogP contribution in [0, 0.1) is 0 Å². The van der Waals surface area contributed by atoms with E-state index in [0.717, 1.165) is 24.8 Å². The minimum atomic E-state index is -1.34. The molecule has 1 nitrogen and oxygen atoms in total. The van der Waals surface area contributed by atoms with Crippen molar-refractivity contribution in [2.75, 3.05) is 0 Å². The second-order valence-corrected chi connectivity index (χ2v) is 10.5. The number of aliphatic hydroxyl groups is 1. The highest BCUT2D eigenvalue weighted by molar-refractivity contribution is 6.89. The summed E-state index contributed by atoms with van der Waals surface area (Å²) in [5.41, 5.74) is 1.16. The Hall–Kier alpha value is -0.603. The second-order valence-electron chi connectivity index (χ2n) is 5.50. The summed E-state index contributed by atoms with van der Waals surface area (Å²) >= 11 is 0. The van der Waals surface area contributed by atoms with E-state index >= 15 is 0 Å². The van der Waals surface area contributed by atoms with Crippen molar-refractivity contribution in [1.29, 1.82) is 0 Å². The summed E-state index contributed by atoms with van der Waals surface area (Å²) in [6.45, 7) is 9.16. The molecule has 0 aliphatic heterocycles. The lowest BCUT2D eigenvalue weighted by molar-refractivity contribution is 0.165. The van der Waals surface area contributed by atoms with Crippen LogP contribution in [-0.4, -0.2) is 13.2 Å². The molecule has 0 aromatic heterocycles. The topological polar surface area (TPSA) is 20.2 Å². The van der Waals surface area contributed by atoms with Crippen LogP contribution in [0.25, 0.3) is 0 Å². The van der Waals surface area contributed by atoms with E-state index in [-0.39, 0.29) is 6.10 Å². The van der Waals surface area contributed by atoms with Crippen molar-refractivity contribution in [1.82, 2.24) is 0 Å². The molecular weight excluding hydrogens is 212 g/mol. The third kappa shape index (κ3) is 3.46. The molecule has 1 atom stereocenters. The summed E-state index contributed by atoms with van der Waals surface area (Å²) < 4.78 is 0. The molecule has 1 unspecified atom stereocenters. The standard InChI is InChI=1S/C14H24OSi/c1-5-6-10-13(15)12-9-7-8-11-14(12)16(2,3)4/h7-9,11,13,15H,5-6,10H2,1-4H3. The number of hydrogen-bond acceptors (Lipinski definition) is 1. The summed E-state index contributed by atoms with van der Waals surface area (Å²) in [5.74, 6) is 0. The highest BCUT2D eigenvalue weighted by Gasteiger charge is 2.22. The van der Waals surface area contributed by atoms with E-state index in [0.29, 0.717) is 0 Å². The number of aliphatic hydroxyl groups excluding tert-OH is 1. The van der Waals surface area contributed by atoms with Gasteiger partial charge in [0, 0.05) is 0 Å². The Bertz CT molecular complexity index is 328. The Kier molecular flexibility index (Phi) is 4.75. The third-order valence-corrected chi connectivity index (χ3v) is 5.03. The highest BCUT2D eigenvalue weighted by atomic mass is 28.3. The van der Waals surface area contributed by atoms with Gasteiger partial charge in [0.2, 0.25) is 0 Å². The average molecular weight is 236 g/mol. The van der Waals surface area contributed by atoms with E-state index in [9.17, 15) is 5.11 Å². The summed E-state index contributed by atoms with van der Waals surface area (Å²) in [5, 5.41) is 11.6. The highest BCUT2D eigenvalue weighted by Crippen LogP contribution is 2.20. The molecule has 0 fully saturated rings. The van der Waals surface area contributed by atoms with Crippen LogP contribution in [0.3, 0.4) is 0 Å². The number of rotatable bonds is 5. The Labute approximate surface area is 101 Å². The van der Waals surface area contributed by atoms with Crippen LogP contribution in [0.4, 0.5) is 0 Å². The lowest BCUT2D eigenvalue weighted by Gasteiger charge is -2.23. The molecule has 1 rings (SSSR count). The second kappa shape index (κ2) is 5.64. The zero-order valence-electron chi connectivity index (χ0n) is 11.0. The lowest BCUT2D eigenvalue weighted by atomic mass is 10.0. The van der Waals surface area contributed by atoms with Gasteiger partial charge in [-0.15, -0.1) is 0 Å². The number of hydrogen-bond donors (Lipinski definition) is 1.